The normalized spacial score (nSPS) is 17.1. The molecule has 0 aromatic heterocycles. The number of halogens is 2. The number of para-hydroxylation sites is 1. The number of anilines is 2. The van der Waals surface area contributed by atoms with Crippen LogP contribution in [-0.2, 0) is 4.79 Å². The smallest absolute Gasteiger partial charge is 0.275 e. The zero-order valence-corrected chi connectivity index (χ0v) is 25.3. The summed E-state index contributed by atoms with van der Waals surface area (Å²) in [6, 6.07) is 29.8. The number of alkyl halides is 2. The van der Waals surface area contributed by atoms with Crippen molar-refractivity contribution in [2.45, 2.75) is 50.5 Å². The Kier molecular flexibility index (Phi) is 9.06. The fraction of sp³-hybridized carbons (Fsp3) is 0.237. The van der Waals surface area contributed by atoms with Crippen LogP contribution in [0.25, 0.3) is 16.7 Å². The van der Waals surface area contributed by atoms with Crippen LogP contribution in [0, 0.1) is 0 Å². The number of hydrogen-bond acceptors (Lipinski definition) is 3. The third kappa shape index (κ3) is 6.76. The summed E-state index contributed by atoms with van der Waals surface area (Å²) in [5, 5.41) is 5.79. The van der Waals surface area contributed by atoms with Gasteiger partial charge in [0.15, 0.2) is 0 Å². The van der Waals surface area contributed by atoms with Crippen molar-refractivity contribution < 1.29 is 23.2 Å². The van der Waals surface area contributed by atoms with Crippen molar-refractivity contribution in [3.63, 3.8) is 0 Å². The monoisotopic (exact) mass is 619 g/mol. The van der Waals surface area contributed by atoms with E-state index >= 15 is 8.78 Å². The number of carbonyl (C=O) groups is 3. The Bertz CT molecular complexity index is 1760. The van der Waals surface area contributed by atoms with Crippen molar-refractivity contribution in [1.29, 1.82) is 0 Å². The number of nitrogens with zero attached hydrogens (tertiary/aromatic N) is 1. The Balaban J connectivity index is 1.21. The number of rotatable bonds is 6. The molecule has 0 radical (unpaired) electrons. The fourth-order valence-corrected chi connectivity index (χ4v) is 6.26. The predicted molar refractivity (Wildman–Crippen MR) is 177 cm³/mol. The predicted octanol–water partition coefficient (Wildman–Crippen LogP) is 8.12. The van der Waals surface area contributed by atoms with Crippen LogP contribution < -0.4 is 15.5 Å². The maximum absolute atomic E-state index is 15.6. The molecule has 6 nitrogen and oxygen atoms in total. The molecular weight excluding hydrogens is 584 g/mol. The Morgan fingerprint density at radius 1 is 0.761 bits per heavy atom. The maximum atomic E-state index is 15.6. The van der Waals surface area contributed by atoms with E-state index in [4.69, 9.17) is 0 Å². The van der Waals surface area contributed by atoms with E-state index in [1.54, 1.807) is 54.6 Å². The molecule has 46 heavy (non-hydrogen) atoms. The van der Waals surface area contributed by atoms with E-state index in [1.165, 1.54) is 11.0 Å². The summed E-state index contributed by atoms with van der Waals surface area (Å²) in [6.45, 7) is -0.237. The number of nitrogens with one attached hydrogen (secondary N) is 2. The summed E-state index contributed by atoms with van der Waals surface area (Å²) in [5.74, 6) is -4.61. The Morgan fingerprint density at radius 3 is 2.15 bits per heavy atom. The highest BCUT2D eigenvalue weighted by molar-refractivity contribution is 6.11. The number of fused-ring (bicyclic) bond motifs is 1. The molecule has 0 saturated heterocycles. The van der Waals surface area contributed by atoms with Gasteiger partial charge in [-0.3, -0.25) is 14.4 Å². The second kappa shape index (κ2) is 13.5. The maximum Gasteiger partial charge on any atom is 0.275 e. The van der Waals surface area contributed by atoms with E-state index in [-0.39, 0.29) is 35.2 Å². The largest absolute Gasteiger partial charge is 0.350 e. The molecule has 0 spiro atoms. The van der Waals surface area contributed by atoms with Crippen molar-refractivity contribution in [3.05, 3.63) is 126 Å². The summed E-state index contributed by atoms with van der Waals surface area (Å²) in [5.41, 5.74) is 3.07. The van der Waals surface area contributed by atoms with E-state index in [1.807, 2.05) is 42.5 Å². The van der Waals surface area contributed by atoms with Gasteiger partial charge in [0.1, 0.15) is 0 Å². The lowest BCUT2D eigenvalue weighted by atomic mass is 9.94. The molecule has 1 heterocycles. The number of benzene rings is 4. The average Bonchev–Trinajstić information content (AvgIpc) is 3.19. The van der Waals surface area contributed by atoms with Crippen molar-refractivity contribution in [1.82, 2.24) is 5.32 Å². The highest BCUT2D eigenvalue weighted by Gasteiger charge is 2.41. The summed E-state index contributed by atoms with van der Waals surface area (Å²) in [4.78, 5) is 41.2. The molecule has 6 rings (SSSR count). The molecule has 2 N–H and O–H groups in total. The number of hydrogen-bond donors (Lipinski definition) is 2. The van der Waals surface area contributed by atoms with E-state index in [0.717, 1.165) is 49.3 Å². The van der Waals surface area contributed by atoms with Crippen LogP contribution in [0.3, 0.4) is 0 Å². The second-order valence-electron chi connectivity index (χ2n) is 11.8. The van der Waals surface area contributed by atoms with E-state index in [9.17, 15) is 14.4 Å². The average molecular weight is 620 g/mol. The van der Waals surface area contributed by atoms with Crippen LogP contribution in [-0.4, -0.2) is 36.2 Å². The number of carbonyl (C=O) groups excluding carboxylic acids is 3. The lowest BCUT2D eigenvalue weighted by Crippen LogP contribution is -2.35. The van der Waals surface area contributed by atoms with Crippen molar-refractivity contribution in [3.8, 4) is 11.1 Å². The van der Waals surface area contributed by atoms with Crippen LogP contribution >= 0.6 is 0 Å². The molecule has 1 aliphatic heterocycles. The van der Waals surface area contributed by atoms with Gasteiger partial charge < -0.3 is 15.5 Å². The first-order valence-corrected chi connectivity index (χ1v) is 15.7. The molecule has 4 aromatic carbocycles. The van der Waals surface area contributed by atoms with Crippen LogP contribution in [0.15, 0.2) is 109 Å². The Hall–Kier alpha value is -5.11. The first-order chi connectivity index (χ1) is 22.3. The molecule has 234 valence electrons. The highest BCUT2D eigenvalue weighted by atomic mass is 19.3. The quantitative estimate of drug-likeness (QED) is 0.214. The van der Waals surface area contributed by atoms with Gasteiger partial charge in [-0.25, -0.2) is 8.78 Å². The molecule has 1 aliphatic carbocycles. The van der Waals surface area contributed by atoms with E-state index in [0.29, 0.717) is 16.9 Å². The van der Waals surface area contributed by atoms with Gasteiger partial charge in [0.25, 0.3) is 17.7 Å². The highest BCUT2D eigenvalue weighted by Crippen LogP contribution is 2.43. The summed E-state index contributed by atoms with van der Waals surface area (Å²) in [6.07, 6.45) is 5.19. The molecular formula is C38H35F2N3O3. The van der Waals surface area contributed by atoms with Gasteiger partial charge in [-0.05, 0) is 60.4 Å². The van der Waals surface area contributed by atoms with Gasteiger partial charge in [0.05, 0.1) is 5.69 Å². The molecule has 0 bridgehead atoms. The molecule has 1 saturated carbocycles. The van der Waals surface area contributed by atoms with Crippen LogP contribution in [0.1, 0.15) is 64.8 Å². The van der Waals surface area contributed by atoms with E-state index < -0.39 is 24.2 Å². The van der Waals surface area contributed by atoms with Gasteiger partial charge in [0, 0.05) is 53.0 Å². The van der Waals surface area contributed by atoms with Crippen molar-refractivity contribution in [2.24, 2.45) is 0 Å². The lowest BCUT2D eigenvalue weighted by Gasteiger charge is -2.23. The fourth-order valence-electron chi connectivity index (χ4n) is 6.26. The topological polar surface area (TPSA) is 78.5 Å². The van der Waals surface area contributed by atoms with Crippen molar-refractivity contribution in [2.75, 3.05) is 16.8 Å². The summed E-state index contributed by atoms with van der Waals surface area (Å²) >= 11 is 0. The number of amides is 3. The SMILES string of the molecule is O=C(C=C1c2ccccc2N(C(=O)c2ccc(NC(=O)c3ccccc3-c3ccccc3)cc2)CCC1(F)F)NC1CCCCC1. The summed E-state index contributed by atoms with van der Waals surface area (Å²) < 4.78 is 31.2. The molecule has 0 atom stereocenters. The minimum absolute atomic E-state index is 0.0165. The zero-order valence-electron chi connectivity index (χ0n) is 25.3. The first kappa shape index (κ1) is 30.9. The minimum atomic E-state index is -3.32. The minimum Gasteiger partial charge on any atom is -0.350 e. The van der Waals surface area contributed by atoms with Gasteiger partial charge in [0.2, 0.25) is 5.91 Å². The molecule has 4 aromatic rings. The van der Waals surface area contributed by atoms with Gasteiger partial charge in [-0.15, -0.1) is 0 Å². The Labute approximate surface area is 267 Å². The van der Waals surface area contributed by atoms with E-state index in [2.05, 4.69) is 10.6 Å². The van der Waals surface area contributed by atoms with Gasteiger partial charge in [-0.2, -0.15) is 0 Å². The first-order valence-electron chi connectivity index (χ1n) is 15.7. The second-order valence-corrected chi connectivity index (χ2v) is 11.8. The lowest BCUT2D eigenvalue weighted by molar-refractivity contribution is -0.117. The third-order valence-corrected chi connectivity index (χ3v) is 8.65. The molecule has 0 unspecified atom stereocenters. The number of allylic oxidation sites excluding steroid dienone is 1. The van der Waals surface area contributed by atoms with Crippen LogP contribution in [0.4, 0.5) is 20.2 Å². The third-order valence-electron chi connectivity index (χ3n) is 8.65. The van der Waals surface area contributed by atoms with Crippen LogP contribution in [0.2, 0.25) is 0 Å². The Morgan fingerprint density at radius 2 is 1.41 bits per heavy atom. The zero-order chi connectivity index (χ0) is 32.1. The molecule has 1 fully saturated rings. The van der Waals surface area contributed by atoms with Crippen molar-refractivity contribution >= 4 is 34.7 Å². The molecule has 3 amide bonds. The molecule has 2 aliphatic rings. The summed E-state index contributed by atoms with van der Waals surface area (Å²) in [7, 11) is 0. The molecule has 8 heteroatoms. The standard InChI is InChI=1S/C38H35F2N3O3/c39-38(40)23-24-43(34-18-10-9-17-32(34)33(38)25-35(44)41-28-13-5-2-6-14-28)37(46)27-19-21-29(22-20-27)42-36(45)31-16-8-7-15-30(31)26-11-3-1-4-12-26/h1,3-4,7-12,15-22,25,28H,2,5-6,13-14,23-24H2,(H,41,44)(H,42,45). The van der Waals surface area contributed by atoms with Gasteiger partial charge >= 0.3 is 0 Å². The van der Waals surface area contributed by atoms with Crippen LogP contribution in [0.5, 0.6) is 0 Å². The van der Waals surface area contributed by atoms with Gasteiger partial charge in [-0.1, -0.05) is 86.0 Å².